The van der Waals surface area contributed by atoms with Gasteiger partial charge in [-0.05, 0) is 49.9 Å². The summed E-state index contributed by atoms with van der Waals surface area (Å²) in [5, 5.41) is 0. The Balaban J connectivity index is 2.20. The maximum absolute atomic E-state index is 13.4. The van der Waals surface area contributed by atoms with Crippen molar-refractivity contribution in [2.75, 3.05) is 6.61 Å². The predicted octanol–water partition coefficient (Wildman–Crippen LogP) is 4.38. The first-order chi connectivity index (χ1) is 10.1. The number of rotatable bonds is 5. The Kier molecular flexibility index (Phi) is 5.51. The van der Waals surface area contributed by atoms with Gasteiger partial charge in [-0.25, -0.2) is 4.39 Å². The van der Waals surface area contributed by atoms with Crippen molar-refractivity contribution in [1.82, 2.24) is 0 Å². The summed E-state index contributed by atoms with van der Waals surface area (Å²) in [6, 6.07) is 4.65. The fourth-order valence-electron chi connectivity index (χ4n) is 3.24. The zero-order valence-corrected chi connectivity index (χ0v) is 13.1. The van der Waals surface area contributed by atoms with Crippen molar-refractivity contribution in [3.8, 4) is 0 Å². The number of ether oxygens (including phenoxy) is 1. The van der Waals surface area contributed by atoms with Crippen LogP contribution in [-0.2, 0) is 16.0 Å². The van der Waals surface area contributed by atoms with Crippen molar-refractivity contribution in [3.05, 3.63) is 35.1 Å². The van der Waals surface area contributed by atoms with E-state index in [4.69, 9.17) is 4.74 Å². The molecule has 0 heterocycles. The second-order valence-electron chi connectivity index (χ2n) is 6.01. The summed E-state index contributed by atoms with van der Waals surface area (Å²) in [5.74, 6) is -0.172. The Morgan fingerprint density at radius 2 is 1.90 bits per heavy atom. The van der Waals surface area contributed by atoms with Gasteiger partial charge >= 0.3 is 0 Å². The minimum atomic E-state index is -0.649. The average Bonchev–Trinajstić information content (AvgIpc) is 2.70. The van der Waals surface area contributed by atoms with E-state index in [0.29, 0.717) is 6.61 Å². The van der Waals surface area contributed by atoms with Crippen LogP contribution in [0.5, 0.6) is 0 Å². The molecule has 1 saturated carbocycles. The van der Waals surface area contributed by atoms with Crippen LogP contribution in [-0.4, -0.2) is 18.0 Å². The molecule has 1 aromatic carbocycles. The third kappa shape index (κ3) is 3.91. The lowest BCUT2D eigenvalue weighted by molar-refractivity contribution is -0.145. The Morgan fingerprint density at radius 1 is 1.24 bits per heavy atom. The minimum Gasteiger partial charge on any atom is -0.367 e. The molecule has 0 saturated heterocycles. The highest BCUT2D eigenvalue weighted by molar-refractivity contribution is 5.89. The van der Waals surface area contributed by atoms with Gasteiger partial charge in [0.05, 0.1) is 0 Å². The van der Waals surface area contributed by atoms with Crippen molar-refractivity contribution in [1.29, 1.82) is 0 Å². The number of carbonyl (C=O) groups excluding carboxylic acids is 1. The van der Waals surface area contributed by atoms with E-state index in [2.05, 4.69) is 0 Å². The van der Waals surface area contributed by atoms with Gasteiger partial charge in [-0.2, -0.15) is 0 Å². The molecule has 1 aliphatic rings. The molecule has 116 valence electrons. The summed E-state index contributed by atoms with van der Waals surface area (Å²) in [7, 11) is 0. The molecule has 0 atom stereocenters. The number of benzene rings is 1. The minimum absolute atomic E-state index is 0.111. The summed E-state index contributed by atoms with van der Waals surface area (Å²) in [6.45, 7) is 4.41. The second-order valence-corrected chi connectivity index (χ2v) is 6.01. The number of aryl methyl sites for hydroxylation is 1. The van der Waals surface area contributed by atoms with E-state index in [9.17, 15) is 9.18 Å². The molecule has 0 bridgehead atoms. The number of Topliss-reactive ketones (excluding diaryl/α,β-unsaturated/α-hetero) is 1. The Labute approximate surface area is 126 Å². The van der Waals surface area contributed by atoms with Crippen LogP contribution in [0.2, 0.25) is 0 Å². The quantitative estimate of drug-likeness (QED) is 0.753. The molecule has 0 aromatic heterocycles. The number of hydrogen-bond acceptors (Lipinski definition) is 2. The van der Waals surface area contributed by atoms with Crippen LogP contribution in [0.4, 0.5) is 4.39 Å². The molecule has 1 aliphatic carbocycles. The zero-order chi connectivity index (χ0) is 15.3. The number of ketones is 1. The number of hydrogen-bond donors (Lipinski definition) is 0. The van der Waals surface area contributed by atoms with E-state index in [1.807, 2.05) is 13.8 Å². The summed E-state index contributed by atoms with van der Waals surface area (Å²) >= 11 is 0. The largest absolute Gasteiger partial charge is 0.367 e. The predicted molar refractivity (Wildman–Crippen MR) is 81.9 cm³/mol. The SMILES string of the molecule is CCOC1(C(=O)Cc2cc(F)ccc2C)CCCCCC1. The molecule has 1 aromatic rings. The molecular formula is C18H25FO2. The number of halogens is 1. The van der Waals surface area contributed by atoms with Crippen molar-refractivity contribution < 1.29 is 13.9 Å². The van der Waals surface area contributed by atoms with E-state index in [1.54, 1.807) is 6.07 Å². The average molecular weight is 292 g/mol. The first kappa shape index (κ1) is 16.2. The highest BCUT2D eigenvalue weighted by Crippen LogP contribution is 2.32. The molecule has 0 amide bonds. The smallest absolute Gasteiger partial charge is 0.168 e. The van der Waals surface area contributed by atoms with Gasteiger partial charge in [0.2, 0.25) is 0 Å². The highest BCUT2D eigenvalue weighted by atomic mass is 19.1. The molecule has 0 spiro atoms. The first-order valence-corrected chi connectivity index (χ1v) is 8.00. The fraction of sp³-hybridized carbons (Fsp3) is 0.611. The molecule has 0 radical (unpaired) electrons. The molecule has 0 unspecified atom stereocenters. The van der Waals surface area contributed by atoms with E-state index >= 15 is 0 Å². The lowest BCUT2D eigenvalue weighted by Gasteiger charge is -2.31. The molecule has 2 nitrogen and oxygen atoms in total. The van der Waals surface area contributed by atoms with Gasteiger partial charge in [-0.15, -0.1) is 0 Å². The van der Waals surface area contributed by atoms with Gasteiger partial charge in [0.15, 0.2) is 5.78 Å². The van der Waals surface area contributed by atoms with E-state index < -0.39 is 5.60 Å². The maximum atomic E-state index is 13.4. The standard InChI is InChI=1S/C18H25FO2/c1-3-21-18(10-6-4-5-7-11-18)17(20)13-15-12-16(19)9-8-14(15)2/h8-9,12H,3-7,10-11,13H2,1-2H3. The van der Waals surface area contributed by atoms with Crippen LogP contribution in [0.25, 0.3) is 0 Å². The monoisotopic (exact) mass is 292 g/mol. The van der Waals surface area contributed by atoms with Crippen LogP contribution in [0, 0.1) is 12.7 Å². The molecule has 0 aliphatic heterocycles. The second kappa shape index (κ2) is 7.17. The van der Waals surface area contributed by atoms with Gasteiger partial charge in [-0.1, -0.05) is 31.7 Å². The van der Waals surface area contributed by atoms with Crippen LogP contribution < -0.4 is 0 Å². The van der Waals surface area contributed by atoms with Gasteiger partial charge in [0.1, 0.15) is 11.4 Å². The lowest BCUT2D eigenvalue weighted by atomic mass is 9.85. The molecular weight excluding hydrogens is 267 g/mol. The van der Waals surface area contributed by atoms with Crippen molar-refractivity contribution in [3.63, 3.8) is 0 Å². The van der Waals surface area contributed by atoms with Gasteiger partial charge in [0, 0.05) is 13.0 Å². The highest BCUT2D eigenvalue weighted by Gasteiger charge is 2.38. The molecule has 2 rings (SSSR count). The zero-order valence-electron chi connectivity index (χ0n) is 13.1. The van der Waals surface area contributed by atoms with Gasteiger partial charge < -0.3 is 4.74 Å². The normalized spacial score (nSPS) is 18.2. The topological polar surface area (TPSA) is 26.3 Å². The maximum Gasteiger partial charge on any atom is 0.168 e. The van der Waals surface area contributed by atoms with Crippen LogP contribution in [0.1, 0.15) is 56.6 Å². The number of carbonyl (C=O) groups is 1. The van der Waals surface area contributed by atoms with Crippen LogP contribution >= 0.6 is 0 Å². The van der Waals surface area contributed by atoms with E-state index in [0.717, 1.165) is 36.8 Å². The third-order valence-corrected chi connectivity index (χ3v) is 4.50. The lowest BCUT2D eigenvalue weighted by Crippen LogP contribution is -2.42. The Hall–Kier alpha value is -1.22. The first-order valence-electron chi connectivity index (χ1n) is 8.00. The Morgan fingerprint density at radius 3 is 2.52 bits per heavy atom. The van der Waals surface area contributed by atoms with E-state index in [1.165, 1.54) is 25.0 Å². The van der Waals surface area contributed by atoms with Crippen molar-refractivity contribution >= 4 is 5.78 Å². The summed E-state index contributed by atoms with van der Waals surface area (Å²) in [4.78, 5) is 12.8. The van der Waals surface area contributed by atoms with Gasteiger partial charge in [0.25, 0.3) is 0 Å². The van der Waals surface area contributed by atoms with Crippen molar-refractivity contribution in [2.24, 2.45) is 0 Å². The Bertz CT molecular complexity index is 488. The van der Waals surface area contributed by atoms with Crippen LogP contribution in [0.3, 0.4) is 0 Å². The summed E-state index contributed by atoms with van der Waals surface area (Å²) in [6.07, 6.45) is 6.27. The van der Waals surface area contributed by atoms with E-state index in [-0.39, 0.29) is 18.0 Å². The molecule has 21 heavy (non-hydrogen) atoms. The molecule has 3 heteroatoms. The fourth-order valence-corrected chi connectivity index (χ4v) is 3.24. The third-order valence-electron chi connectivity index (χ3n) is 4.50. The summed E-state index contributed by atoms with van der Waals surface area (Å²) < 4.78 is 19.3. The van der Waals surface area contributed by atoms with Crippen molar-refractivity contribution in [2.45, 2.75) is 64.4 Å². The van der Waals surface area contributed by atoms with Crippen LogP contribution in [0.15, 0.2) is 18.2 Å². The van der Waals surface area contributed by atoms with Gasteiger partial charge in [-0.3, -0.25) is 4.79 Å². The molecule has 0 N–H and O–H groups in total. The molecule has 1 fully saturated rings. The summed E-state index contributed by atoms with van der Waals surface area (Å²) in [5.41, 5.74) is 1.10.